The Morgan fingerprint density at radius 3 is 1.16 bits per heavy atom. The highest BCUT2D eigenvalue weighted by molar-refractivity contribution is 6.19. The van der Waals surface area contributed by atoms with E-state index in [0.717, 1.165) is 55.3 Å². The molecule has 4 aromatic heterocycles. The van der Waals surface area contributed by atoms with E-state index in [0.29, 0.717) is 17.6 Å². The minimum absolute atomic E-state index is 0.584. The molecule has 266 valence electrons. The average molecular weight is 729 g/mol. The first-order chi connectivity index (χ1) is 28.3. The van der Waals surface area contributed by atoms with Gasteiger partial charge in [0.15, 0.2) is 11.6 Å². The molecule has 0 bridgehead atoms. The van der Waals surface area contributed by atoms with Gasteiger partial charge in [0, 0.05) is 54.8 Å². The Morgan fingerprint density at radius 2 is 0.649 bits per heavy atom. The van der Waals surface area contributed by atoms with E-state index in [1.54, 1.807) is 0 Å². The van der Waals surface area contributed by atoms with E-state index < -0.39 is 0 Å². The summed E-state index contributed by atoms with van der Waals surface area (Å²) in [6.45, 7) is 0. The third-order valence-corrected chi connectivity index (χ3v) is 11.3. The molecule has 0 unspecified atom stereocenters. The largest absolute Gasteiger partial charge is 0.309 e. The third kappa shape index (κ3) is 4.81. The Bertz CT molecular complexity index is 3450. The predicted molar refractivity (Wildman–Crippen MR) is 234 cm³/mol. The molecule has 0 fully saturated rings. The minimum atomic E-state index is 0.584. The fourth-order valence-electron chi connectivity index (χ4n) is 8.77. The second kappa shape index (κ2) is 12.3. The molecule has 0 saturated heterocycles. The van der Waals surface area contributed by atoms with Crippen LogP contribution >= 0.6 is 0 Å². The summed E-state index contributed by atoms with van der Waals surface area (Å²) in [6.07, 6.45) is 0. The van der Waals surface area contributed by atoms with Gasteiger partial charge in [-0.3, -0.25) is 4.57 Å². The van der Waals surface area contributed by atoms with Gasteiger partial charge in [-0.2, -0.15) is 9.97 Å². The topological polar surface area (TPSA) is 53.5 Å². The van der Waals surface area contributed by atoms with Crippen molar-refractivity contribution in [2.75, 3.05) is 0 Å². The molecule has 8 aromatic carbocycles. The van der Waals surface area contributed by atoms with Crippen molar-refractivity contribution < 1.29 is 0 Å². The number of hydrogen-bond acceptors (Lipinski definition) is 3. The zero-order chi connectivity index (χ0) is 37.5. The Hall–Kier alpha value is -7.83. The van der Waals surface area contributed by atoms with Crippen molar-refractivity contribution in [2.45, 2.75) is 0 Å². The summed E-state index contributed by atoms with van der Waals surface area (Å²) >= 11 is 0. The lowest BCUT2D eigenvalue weighted by Crippen LogP contribution is -2.06. The number of rotatable bonds is 5. The van der Waals surface area contributed by atoms with Crippen molar-refractivity contribution in [1.29, 1.82) is 0 Å². The van der Waals surface area contributed by atoms with Gasteiger partial charge in [0.2, 0.25) is 5.95 Å². The predicted octanol–water partition coefficient (Wildman–Crippen LogP) is 12.5. The minimum Gasteiger partial charge on any atom is -0.309 e. The van der Waals surface area contributed by atoms with Crippen LogP contribution in [-0.2, 0) is 0 Å². The second-order valence-electron chi connectivity index (χ2n) is 14.5. The van der Waals surface area contributed by atoms with Crippen molar-refractivity contribution in [3.63, 3.8) is 0 Å². The van der Waals surface area contributed by atoms with Crippen LogP contribution in [0.5, 0.6) is 0 Å². The van der Waals surface area contributed by atoms with Crippen LogP contribution in [0, 0.1) is 0 Å². The standard InChI is InChI=1S/C51H32N6/c1-3-15-33(16-4-1)49-52-50(54-51(53-49)57-45-25-13-7-19-37(45)38-20-8-14-26-46(38)57)34-27-29-36(30-28-34)56-44-24-12-10-22-40(44)42-31-41-39-21-9-11-23-43(39)55(47(41)32-48(42)56)35-17-5-2-6-18-35/h1-32H. The Kier molecular flexibility index (Phi) is 6.83. The van der Waals surface area contributed by atoms with Crippen molar-refractivity contribution in [2.24, 2.45) is 0 Å². The summed E-state index contributed by atoms with van der Waals surface area (Å²) in [5.41, 5.74) is 10.8. The molecule has 0 aliphatic rings. The molecular weight excluding hydrogens is 697 g/mol. The van der Waals surface area contributed by atoms with Gasteiger partial charge in [0.25, 0.3) is 0 Å². The van der Waals surface area contributed by atoms with Crippen LogP contribution in [0.2, 0.25) is 0 Å². The van der Waals surface area contributed by atoms with Gasteiger partial charge < -0.3 is 9.13 Å². The van der Waals surface area contributed by atoms with E-state index in [9.17, 15) is 0 Å². The summed E-state index contributed by atoms with van der Waals surface area (Å²) in [5.74, 6) is 1.82. The van der Waals surface area contributed by atoms with Crippen LogP contribution in [0.1, 0.15) is 0 Å². The fraction of sp³-hybridized carbons (Fsp3) is 0. The van der Waals surface area contributed by atoms with Crippen molar-refractivity contribution in [3.8, 4) is 40.1 Å². The Morgan fingerprint density at radius 1 is 0.263 bits per heavy atom. The summed E-state index contributed by atoms with van der Waals surface area (Å²) in [4.78, 5) is 15.4. The number of nitrogens with zero attached hydrogens (tertiary/aromatic N) is 6. The van der Waals surface area contributed by atoms with E-state index in [1.807, 2.05) is 30.3 Å². The molecule has 0 atom stereocenters. The van der Waals surface area contributed by atoms with Crippen molar-refractivity contribution >= 4 is 65.4 Å². The van der Waals surface area contributed by atoms with Gasteiger partial charge in [-0.25, -0.2) is 4.98 Å². The highest BCUT2D eigenvalue weighted by atomic mass is 15.2. The van der Waals surface area contributed by atoms with Gasteiger partial charge >= 0.3 is 0 Å². The smallest absolute Gasteiger partial charge is 0.238 e. The quantitative estimate of drug-likeness (QED) is 0.177. The van der Waals surface area contributed by atoms with Crippen LogP contribution in [0.4, 0.5) is 0 Å². The zero-order valence-electron chi connectivity index (χ0n) is 30.7. The maximum Gasteiger partial charge on any atom is 0.238 e. The van der Waals surface area contributed by atoms with E-state index >= 15 is 0 Å². The molecule has 0 aliphatic heterocycles. The molecule has 12 aromatic rings. The van der Waals surface area contributed by atoms with Crippen LogP contribution < -0.4 is 0 Å². The molecule has 0 saturated carbocycles. The van der Waals surface area contributed by atoms with E-state index in [1.165, 1.54) is 32.6 Å². The van der Waals surface area contributed by atoms with E-state index in [2.05, 4.69) is 177 Å². The summed E-state index contributed by atoms with van der Waals surface area (Å²) in [7, 11) is 0. The summed E-state index contributed by atoms with van der Waals surface area (Å²) in [6, 6.07) is 68.5. The molecule has 4 heterocycles. The third-order valence-electron chi connectivity index (χ3n) is 11.3. The van der Waals surface area contributed by atoms with Gasteiger partial charge in [0.05, 0.1) is 33.1 Å². The van der Waals surface area contributed by atoms with E-state index in [4.69, 9.17) is 15.0 Å². The molecule has 0 amide bonds. The Labute approximate surface area is 327 Å². The lowest BCUT2D eigenvalue weighted by molar-refractivity contribution is 0.953. The van der Waals surface area contributed by atoms with Gasteiger partial charge in [0.1, 0.15) is 0 Å². The molecule has 0 N–H and O–H groups in total. The number of fused-ring (bicyclic) bond motifs is 9. The molecule has 0 aliphatic carbocycles. The lowest BCUT2D eigenvalue weighted by atomic mass is 10.1. The number of para-hydroxylation sites is 5. The zero-order valence-corrected chi connectivity index (χ0v) is 30.7. The molecule has 12 rings (SSSR count). The molecule has 0 radical (unpaired) electrons. The monoisotopic (exact) mass is 728 g/mol. The Balaban J connectivity index is 1.06. The van der Waals surface area contributed by atoms with Crippen molar-refractivity contribution in [3.05, 3.63) is 194 Å². The van der Waals surface area contributed by atoms with Gasteiger partial charge in [-0.1, -0.05) is 121 Å². The molecule has 0 spiro atoms. The average Bonchev–Trinajstić information content (AvgIpc) is 3.91. The highest BCUT2D eigenvalue weighted by Crippen LogP contribution is 2.40. The first-order valence-electron chi connectivity index (χ1n) is 19.2. The molecule has 6 nitrogen and oxygen atoms in total. The lowest BCUT2D eigenvalue weighted by Gasteiger charge is -2.12. The number of aromatic nitrogens is 6. The normalized spacial score (nSPS) is 11.9. The maximum absolute atomic E-state index is 5.19. The van der Waals surface area contributed by atoms with Crippen molar-refractivity contribution in [1.82, 2.24) is 28.7 Å². The van der Waals surface area contributed by atoms with Crippen LogP contribution in [0.25, 0.3) is 106 Å². The van der Waals surface area contributed by atoms with Crippen LogP contribution in [-0.4, -0.2) is 28.7 Å². The van der Waals surface area contributed by atoms with Crippen LogP contribution in [0.15, 0.2) is 194 Å². The summed E-state index contributed by atoms with van der Waals surface area (Å²) < 4.78 is 6.92. The molecule has 6 heteroatoms. The second-order valence-corrected chi connectivity index (χ2v) is 14.5. The molecular formula is C51H32N6. The highest BCUT2D eigenvalue weighted by Gasteiger charge is 2.20. The van der Waals surface area contributed by atoms with Gasteiger partial charge in [-0.15, -0.1) is 0 Å². The number of benzene rings is 8. The maximum atomic E-state index is 5.19. The van der Waals surface area contributed by atoms with Crippen LogP contribution in [0.3, 0.4) is 0 Å². The summed E-state index contributed by atoms with van der Waals surface area (Å²) in [5, 5.41) is 7.24. The number of hydrogen-bond donors (Lipinski definition) is 0. The van der Waals surface area contributed by atoms with Gasteiger partial charge in [-0.05, 0) is 72.8 Å². The SMILES string of the molecule is c1ccc(-c2nc(-c3ccc(-n4c5ccccc5c5cc6c7ccccc7n(-c7ccccc7)c6cc54)cc3)nc(-n3c4ccccc4c4ccccc43)n2)cc1. The molecule has 57 heavy (non-hydrogen) atoms. The first-order valence-corrected chi connectivity index (χ1v) is 19.2. The van der Waals surface area contributed by atoms with E-state index in [-0.39, 0.29) is 0 Å². The fourth-order valence-corrected chi connectivity index (χ4v) is 8.77. The first kappa shape index (κ1) is 31.5.